The molecule has 2 rings (SSSR count). The van der Waals surface area contributed by atoms with E-state index >= 15 is 0 Å². The number of likely N-dealkylation sites (N-methyl/N-ethyl adjacent to an activating group) is 1. The Balaban J connectivity index is 2.42. The molecule has 0 aliphatic carbocycles. The third-order valence-corrected chi connectivity index (χ3v) is 2.74. The summed E-state index contributed by atoms with van der Waals surface area (Å²) in [5.41, 5.74) is 1.35. The fraction of sp³-hybridized carbons (Fsp3) is 0.583. The Labute approximate surface area is 91.1 Å². The van der Waals surface area contributed by atoms with Gasteiger partial charge in [-0.3, -0.25) is 0 Å². The van der Waals surface area contributed by atoms with Crippen molar-refractivity contribution in [3.8, 4) is 5.75 Å². The molecule has 82 valence electrons. The van der Waals surface area contributed by atoms with Gasteiger partial charge in [0.2, 0.25) is 0 Å². The largest absolute Gasteiger partial charge is 0.488 e. The maximum atomic E-state index is 5.63. The average Bonchev–Trinajstić information content (AvgIpc) is 2.16. The number of fused-ring (bicyclic) bond motifs is 1. The van der Waals surface area contributed by atoms with E-state index in [2.05, 4.69) is 36.7 Å². The van der Waals surface area contributed by atoms with E-state index in [0.717, 1.165) is 24.7 Å². The highest BCUT2D eigenvalue weighted by Gasteiger charge is 2.20. The van der Waals surface area contributed by atoms with Crippen molar-refractivity contribution in [1.82, 2.24) is 4.98 Å². The van der Waals surface area contributed by atoms with E-state index in [1.54, 1.807) is 0 Å². The van der Waals surface area contributed by atoms with Crippen molar-refractivity contribution in [3.05, 3.63) is 17.8 Å². The fourth-order valence-corrected chi connectivity index (χ4v) is 1.64. The molecule has 1 aromatic heterocycles. The molecule has 0 saturated carbocycles. The third kappa shape index (κ3) is 1.91. The molecular formula is C12H18N2O. The molecule has 0 radical (unpaired) electrons. The molecule has 2 heterocycles. The summed E-state index contributed by atoms with van der Waals surface area (Å²) in [4.78, 5) is 6.60. The van der Waals surface area contributed by atoms with Crippen molar-refractivity contribution in [1.29, 1.82) is 0 Å². The van der Waals surface area contributed by atoms with Crippen LogP contribution in [-0.2, 0) is 5.41 Å². The van der Waals surface area contributed by atoms with Crippen LogP contribution >= 0.6 is 0 Å². The van der Waals surface area contributed by atoms with E-state index in [9.17, 15) is 0 Å². The van der Waals surface area contributed by atoms with Crippen LogP contribution < -0.4 is 9.64 Å². The molecule has 1 aliphatic heterocycles. The number of hydrogen-bond acceptors (Lipinski definition) is 3. The molecule has 1 aliphatic rings. The predicted octanol–water partition coefficient (Wildman–Crippen LogP) is 2.21. The van der Waals surface area contributed by atoms with Crippen LogP contribution in [0.3, 0.4) is 0 Å². The number of pyridine rings is 1. The summed E-state index contributed by atoms with van der Waals surface area (Å²) >= 11 is 0. The van der Waals surface area contributed by atoms with Crippen LogP contribution in [-0.4, -0.2) is 25.2 Å². The Hall–Kier alpha value is -1.25. The van der Waals surface area contributed by atoms with Gasteiger partial charge in [0, 0.05) is 13.2 Å². The second kappa shape index (κ2) is 3.40. The van der Waals surface area contributed by atoms with Gasteiger partial charge in [-0.2, -0.15) is 0 Å². The molecule has 0 aromatic carbocycles. The van der Waals surface area contributed by atoms with Gasteiger partial charge in [-0.25, -0.2) is 4.98 Å². The first-order valence-corrected chi connectivity index (χ1v) is 5.33. The summed E-state index contributed by atoms with van der Waals surface area (Å²) in [6, 6.07) is 2.11. The highest BCUT2D eigenvalue weighted by Crippen LogP contribution is 2.32. The topological polar surface area (TPSA) is 25.4 Å². The monoisotopic (exact) mass is 206 g/mol. The molecule has 0 unspecified atom stereocenters. The van der Waals surface area contributed by atoms with Crippen molar-refractivity contribution >= 4 is 5.82 Å². The molecule has 0 amide bonds. The number of aromatic nitrogens is 1. The summed E-state index contributed by atoms with van der Waals surface area (Å²) in [5, 5.41) is 0. The molecule has 0 spiro atoms. The lowest BCUT2D eigenvalue weighted by atomic mass is 9.88. The number of nitrogens with zero attached hydrogens (tertiary/aromatic N) is 2. The van der Waals surface area contributed by atoms with Crippen LogP contribution in [0.5, 0.6) is 5.75 Å². The molecule has 0 atom stereocenters. The molecule has 0 fully saturated rings. The van der Waals surface area contributed by atoms with Gasteiger partial charge in [-0.05, 0) is 17.0 Å². The average molecular weight is 206 g/mol. The molecule has 0 bridgehead atoms. The highest BCUT2D eigenvalue weighted by molar-refractivity contribution is 5.55. The van der Waals surface area contributed by atoms with Crippen LogP contribution in [0, 0.1) is 0 Å². The summed E-state index contributed by atoms with van der Waals surface area (Å²) < 4.78 is 5.63. The lowest BCUT2D eigenvalue weighted by Crippen LogP contribution is -2.30. The van der Waals surface area contributed by atoms with E-state index in [0.29, 0.717) is 0 Å². The first-order chi connectivity index (χ1) is 6.98. The molecule has 3 heteroatoms. The van der Waals surface area contributed by atoms with Crippen LogP contribution in [0.15, 0.2) is 12.3 Å². The lowest BCUT2D eigenvalue weighted by Gasteiger charge is -2.28. The Morgan fingerprint density at radius 2 is 2.13 bits per heavy atom. The second-order valence-corrected chi connectivity index (χ2v) is 5.07. The van der Waals surface area contributed by atoms with Crippen molar-refractivity contribution in [2.24, 2.45) is 0 Å². The van der Waals surface area contributed by atoms with Gasteiger partial charge < -0.3 is 9.64 Å². The van der Waals surface area contributed by atoms with Gasteiger partial charge in [0.15, 0.2) is 11.6 Å². The minimum Gasteiger partial charge on any atom is -0.488 e. The summed E-state index contributed by atoms with van der Waals surface area (Å²) in [7, 11) is 2.05. The van der Waals surface area contributed by atoms with Gasteiger partial charge in [0.25, 0.3) is 0 Å². The minimum atomic E-state index is 0.126. The van der Waals surface area contributed by atoms with Crippen molar-refractivity contribution in [2.75, 3.05) is 25.1 Å². The number of anilines is 1. The highest BCUT2D eigenvalue weighted by atomic mass is 16.5. The normalized spacial score (nSPS) is 15.9. The molecule has 0 N–H and O–H groups in total. The Kier molecular flexibility index (Phi) is 2.33. The molecule has 0 saturated heterocycles. The van der Waals surface area contributed by atoms with Gasteiger partial charge in [-0.1, -0.05) is 20.8 Å². The van der Waals surface area contributed by atoms with Crippen LogP contribution in [0.2, 0.25) is 0 Å². The third-order valence-electron chi connectivity index (χ3n) is 2.74. The number of ether oxygens (including phenoxy) is 1. The van der Waals surface area contributed by atoms with Crippen molar-refractivity contribution in [2.45, 2.75) is 26.2 Å². The quantitative estimate of drug-likeness (QED) is 0.650. The summed E-state index contributed by atoms with van der Waals surface area (Å²) in [6.07, 6.45) is 1.95. The van der Waals surface area contributed by atoms with Gasteiger partial charge in [0.1, 0.15) is 6.61 Å². The van der Waals surface area contributed by atoms with E-state index in [4.69, 9.17) is 4.74 Å². The van der Waals surface area contributed by atoms with Crippen LogP contribution in [0.1, 0.15) is 26.3 Å². The maximum Gasteiger partial charge on any atom is 0.171 e. The maximum absolute atomic E-state index is 5.63. The molecule has 1 aromatic rings. The van der Waals surface area contributed by atoms with E-state index in [-0.39, 0.29) is 5.41 Å². The van der Waals surface area contributed by atoms with Gasteiger partial charge >= 0.3 is 0 Å². The van der Waals surface area contributed by atoms with Crippen molar-refractivity contribution in [3.63, 3.8) is 0 Å². The van der Waals surface area contributed by atoms with Crippen molar-refractivity contribution < 1.29 is 4.74 Å². The van der Waals surface area contributed by atoms with E-state index < -0.39 is 0 Å². The predicted molar refractivity (Wildman–Crippen MR) is 61.7 cm³/mol. The number of hydrogen-bond donors (Lipinski definition) is 0. The van der Waals surface area contributed by atoms with Crippen LogP contribution in [0.25, 0.3) is 0 Å². The summed E-state index contributed by atoms with van der Waals surface area (Å²) in [5.74, 6) is 1.87. The fourth-order valence-electron chi connectivity index (χ4n) is 1.64. The SMILES string of the molecule is CN1CCOc2cc(C(C)(C)C)cnc21. The first-order valence-electron chi connectivity index (χ1n) is 5.33. The van der Waals surface area contributed by atoms with Gasteiger partial charge in [0.05, 0.1) is 6.54 Å². The zero-order valence-electron chi connectivity index (χ0n) is 9.87. The lowest BCUT2D eigenvalue weighted by molar-refractivity contribution is 0.308. The van der Waals surface area contributed by atoms with E-state index in [1.165, 1.54) is 5.56 Å². The standard InChI is InChI=1S/C12H18N2O/c1-12(2,3)9-7-10-11(13-8-9)14(4)5-6-15-10/h7-8H,5-6H2,1-4H3. The molecular weight excluding hydrogens is 188 g/mol. The number of rotatable bonds is 0. The van der Waals surface area contributed by atoms with Crippen LogP contribution in [0.4, 0.5) is 5.82 Å². The summed E-state index contributed by atoms with van der Waals surface area (Å²) in [6.45, 7) is 8.21. The molecule has 3 nitrogen and oxygen atoms in total. The Morgan fingerprint density at radius 3 is 2.80 bits per heavy atom. The Bertz CT molecular complexity index is 368. The van der Waals surface area contributed by atoms with E-state index in [1.807, 2.05) is 13.2 Å². The molecule has 15 heavy (non-hydrogen) atoms. The zero-order valence-corrected chi connectivity index (χ0v) is 9.87. The first kappa shape index (κ1) is 10.3. The second-order valence-electron chi connectivity index (χ2n) is 5.07. The Morgan fingerprint density at radius 1 is 1.40 bits per heavy atom. The zero-order chi connectivity index (χ0) is 11.1. The smallest absolute Gasteiger partial charge is 0.171 e. The minimum absolute atomic E-state index is 0.126. The van der Waals surface area contributed by atoms with Gasteiger partial charge in [-0.15, -0.1) is 0 Å².